The van der Waals surface area contributed by atoms with Crippen LogP contribution in [0.2, 0.25) is 0 Å². The fourth-order valence-corrected chi connectivity index (χ4v) is 4.61. The molecule has 0 aromatic carbocycles. The van der Waals surface area contributed by atoms with Gasteiger partial charge in [-0.3, -0.25) is 4.79 Å². The molecule has 2 rings (SSSR count). The summed E-state index contributed by atoms with van der Waals surface area (Å²) < 4.78 is 0. The van der Waals surface area contributed by atoms with E-state index in [0.29, 0.717) is 18.1 Å². The Balaban J connectivity index is 2.16. The predicted molar refractivity (Wildman–Crippen MR) is 87.2 cm³/mol. The summed E-state index contributed by atoms with van der Waals surface area (Å²) >= 11 is 8.49. The first kappa shape index (κ1) is 14.8. The molecule has 0 aliphatic carbocycles. The molecule has 1 amide bonds. The van der Waals surface area contributed by atoms with Gasteiger partial charge < -0.3 is 10.6 Å². The summed E-state index contributed by atoms with van der Waals surface area (Å²) in [5.74, 6) is 2.26. The van der Waals surface area contributed by atoms with E-state index in [4.69, 9.17) is 18.0 Å². The highest BCUT2D eigenvalue weighted by molar-refractivity contribution is 7.98. The third kappa shape index (κ3) is 3.70. The van der Waals surface area contributed by atoms with Crippen molar-refractivity contribution in [3.8, 4) is 0 Å². The van der Waals surface area contributed by atoms with Crippen LogP contribution in [-0.2, 0) is 12.2 Å². The molecular formula is C13H18N2OS3. The lowest BCUT2D eigenvalue weighted by Crippen LogP contribution is -2.37. The Labute approximate surface area is 127 Å². The smallest absolute Gasteiger partial charge is 0.264 e. The number of carbonyl (C=O) groups excluding carboxylic acids is 1. The number of carbonyl (C=O) groups is 1. The first-order chi connectivity index (χ1) is 9.11. The van der Waals surface area contributed by atoms with E-state index in [2.05, 4.69) is 13.0 Å². The van der Waals surface area contributed by atoms with Gasteiger partial charge in [-0.15, -0.1) is 11.3 Å². The van der Waals surface area contributed by atoms with Gasteiger partial charge >= 0.3 is 0 Å². The molecule has 19 heavy (non-hydrogen) atoms. The van der Waals surface area contributed by atoms with Crippen molar-refractivity contribution in [3.63, 3.8) is 0 Å². The Bertz CT molecular complexity index is 461. The largest absolute Gasteiger partial charge is 0.392 e. The molecule has 0 fully saturated rings. The molecule has 1 aliphatic rings. The first-order valence-corrected chi connectivity index (χ1v) is 8.76. The number of rotatable bonds is 5. The number of thioether (sulfide) groups is 1. The van der Waals surface area contributed by atoms with E-state index >= 15 is 0 Å². The number of amides is 1. The van der Waals surface area contributed by atoms with Crippen LogP contribution >= 0.6 is 35.3 Å². The van der Waals surface area contributed by atoms with Gasteiger partial charge in [0, 0.05) is 17.2 Å². The van der Waals surface area contributed by atoms with Crippen LogP contribution in [0.1, 0.15) is 33.5 Å². The highest BCUT2D eigenvalue weighted by Crippen LogP contribution is 2.32. The number of thiophene rings is 1. The van der Waals surface area contributed by atoms with Crippen molar-refractivity contribution in [1.29, 1.82) is 0 Å². The molecule has 3 nitrogen and oxygen atoms in total. The minimum Gasteiger partial charge on any atom is -0.392 e. The summed E-state index contributed by atoms with van der Waals surface area (Å²) in [7, 11) is 0. The third-order valence-electron chi connectivity index (χ3n) is 2.97. The van der Waals surface area contributed by atoms with Crippen LogP contribution < -0.4 is 5.73 Å². The molecule has 0 saturated heterocycles. The van der Waals surface area contributed by atoms with Gasteiger partial charge in [0.25, 0.3) is 5.91 Å². The van der Waals surface area contributed by atoms with E-state index in [9.17, 15) is 4.79 Å². The molecule has 104 valence electrons. The summed E-state index contributed by atoms with van der Waals surface area (Å²) in [5, 5.41) is 0. The van der Waals surface area contributed by atoms with Crippen molar-refractivity contribution < 1.29 is 4.79 Å². The summed E-state index contributed by atoms with van der Waals surface area (Å²) in [6.45, 7) is 3.13. The second-order valence-corrected chi connectivity index (χ2v) is 7.32. The minimum absolute atomic E-state index is 0.0686. The Morgan fingerprint density at radius 3 is 3.00 bits per heavy atom. The maximum Gasteiger partial charge on any atom is 0.264 e. The molecule has 1 aromatic rings. The number of hydrogen-bond acceptors (Lipinski definition) is 4. The van der Waals surface area contributed by atoms with Crippen LogP contribution in [0.5, 0.6) is 0 Å². The zero-order valence-electron chi connectivity index (χ0n) is 11.0. The number of aryl methyl sites for hydroxylation is 1. The molecule has 0 radical (unpaired) electrons. The minimum atomic E-state index is 0.0686. The van der Waals surface area contributed by atoms with Gasteiger partial charge in [0.15, 0.2) is 0 Å². The summed E-state index contributed by atoms with van der Waals surface area (Å²) in [4.78, 5) is 16.8. The number of fused-ring (bicyclic) bond motifs is 1. The van der Waals surface area contributed by atoms with Crippen LogP contribution in [0.3, 0.4) is 0 Å². The normalized spacial score (nSPS) is 13.9. The second kappa shape index (κ2) is 6.72. The second-order valence-electron chi connectivity index (χ2n) is 4.55. The van der Waals surface area contributed by atoms with Gasteiger partial charge in [-0.05, 0) is 30.2 Å². The van der Waals surface area contributed by atoms with Crippen molar-refractivity contribution >= 4 is 46.2 Å². The van der Waals surface area contributed by atoms with Gasteiger partial charge in [0.1, 0.15) is 0 Å². The molecule has 0 saturated carbocycles. The monoisotopic (exact) mass is 314 g/mol. The summed E-state index contributed by atoms with van der Waals surface area (Å²) in [6, 6.07) is 2.05. The Hall–Kier alpha value is -0.590. The lowest BCUT2D eigenvalue weighted by Gasteiger charge is -2.20. The Morgan fingerprint density at radius 1 is 1.58 bits per heavy atom. The maximum atomic E-state index is 12.5. The van der Waals surface area contributed by atoms with Gasteiger partial charge in [0.2, 0.25) is 0 Å². The zero-order valence-corrected chi connectivity index (χ0v) is 13.4. The van der Waals surface area contributed by atoms with E-state index < -0.39 is 0 Å². The quantitative estimate of drug-likeness (QED) is 0.849. The molecule has 6 heteroatoms. The van der Waals surface area contributed by atoms with Gasteiger partial charge in [-0.2, -0.15) is 11.8 Å². The molecule has 0 atom stereocenters. The van der Waals surface area contributed by atoms with Crippen molar-refractivity contribution in [1.82, 2.24) is 4.90 Å². The number of nitrogens with zero attached hydrogens (tertiary/aromatic N) is 1. The van der Waals surface area contributed by atoms with Gasteiger partial charge in [-0.25, -0.2) is 0 Å². The zero-order chi connectivity index (χ0) is 13.8. The SMILES string of the molecule is CCCN(CC(N)=S)C(=O)c1cc2c(s1)CCSC2. The lowest BCUT2D eigenvalue weighted by molar-refractivity contribution is 0.0784. The number of thiocarbonyl (C=S) groups is 1. The highest BCUT2D eigenvalue weighted by atomic mass is 32.2. The molecule has 0 unspecified atom stereocenters. The highest BCUT2D eigenvalue weighted by Gasteiger charge is 2.21. The van der Waals surface area contributed by atoms with Crippen LogP contribution in [0.4, 0.5) is 0 Å². The van der Waals surface area contributed by atoms with Crippen LogP contribution in [-0.4, -0.2) is 34.6 Å². The van der Waals surface area contributed by atoms with Crippen molar-refractivity contribution in [2.75, 3.05) is 18.8 Å². The van der Waals surface area contributed by atoms with E-state index in [-0.39, 0.29) is 5.91 Å². The third-order valence-corrected chi connectivity index (χ3v) is 5.33. The van der Waals surface area contributed by atoms with E-state index in [1.165, 1.54) is 10.4 Å². The molecule has 0 spiro atoms. The number of nitrogens with two attached hydrogens (primary N) is 1. The Kier molecular flexibility index (Phi) is 5.24. The van der Waals surface area contributed by atoms with Crippen LogP contribution in [0.25, 0.3) is 0 Å². The van der Waals surface area contributed by atoms with E-state index in [1.807, 2.05) is 11.8 Å². The molecular weight excluding hydrogens is 296 g/mol. The first-order valence-electron chi connectivity index (χ1n) is 6.38. The fourth-order valence-electron chi connectivity index (χ4n) is 2.12. The van der Waals surface area contributed by atoms with Crippen LogP contribution in [0, 0.1) is 0 Å². The van der Waals surface area contributed by atoms with Gasteiger partial charge in [0.05, 0.1) is 16.4 Å². The number of hydrogen-bond donors (Lipinski definition) is 1. The Morgan fingerprint density at radius 2 is 2.37 bits per heavy atom. The fraction of sp³-hybridized carbons (Fsp3) is 0.538. The lowest BCUT2D eigenvalue weighted by atomic mass is 10.2. The average Bonchev–Trinajstić information content (AvgIpc) is 2.80. The summed E-state index contributed by atoms with van der Waals surface area (Å²) in [6.07, 6.45) is 2.00. The summed E-state index contributed by atoms with van der Waals surface area (Å²) in [5.41, 5.74) is 6.90. The molecule has 1 aromatic heterocycles. The van der Waals surface area contributed by atoms with E-state index in [0.717, 1.165) is 29.2 Å². The average molecular weight is 315 g/mol. The van der Waals surface area contributed by atoms with E-state index in [1.54, 1.807) is 16.2 Å². The standard InChI is InChI=1S/C13H18N2OS3/c1-2-4-15(7-12(14)17)13(16)11-6-9-8-18-5-3-10(9)19-11/h6H,2-5,7-8H2,1H3,(H2,14,17). The molecule has 2 N–H and O–H groups in total. The van der Waals surface area contributed by atoms with Crippen molar-refractivity contribution in [3.05, 3.63) is 21.4 Å². The van der Waals surface area contributed by atoms with Crippen molar-refractivity contribution in [2.24, 2.45) is 5.73 Å². The molecule has 0 bridgehead atoms. The predicted octanol–water partition coefficient (Wildman–Crippen LogP) is 2.68. The molecule has 2 heterocycles. The van der Waals surface area contributed by atoms with Crippen LogP contribution in [0.15, 0.2) is 6.07 Å². The maximum absolute atomic E-state index is 12.5. The molecule has 1 aliphatic heterocycles. The topological polar surface area (TPSA) is 46.3 Å². The van der Waals surface area contributed by atoms with Crippen molar-refractivity contribution in [2.45, 2.75) is 25.5 Å². The van der Waals surface area contributed by atoms with Gasteiger partial charge in [-0.1, -0.05) is 19.1 Å².